The van der Waals surface area contributed by atoms with Crippen LogP contribution in [0.15, 0.2) is 36.4 Å². The topological polar surface area (TPSA) is 29.5 Å². The SMILES string of the molecule is CC1CCC(Oc2c([C@@H](C)O)ccc3ccccc23)CC1. The molecule has 2 heteroatoms. The number of hydrogen-bond donors (Lipinski definition) is 1. The van der Waals surface area contributed by atoms with Gasteiger partial charge in [0.25, 0.3) is 0 Å². The maximum atomic E-state index is 10.1. The van der Waals surface area contributed by atoms with Crippen molar-refractivity contribution in [3.05, 3.63) is 42.0 Å². The number of ether oxygens (including phenoxy) is 1. The molecule has 21 heavy (non-hydrogen) atoms. The standard InChI is InChI=1S/C19H24O2/c1-13-7-10-16(11-8-13)21-19-17(14(2)20)12-9-15-5-3-4-6-18(15)19/h3-6,9,12-14,16,20H,7-8,10-11H2,1-2H3/t13?,14-,16?/m1/s1. The first kappa shape index (κ1) is 14.4. The molecule has 0 bridgehead atoms. The van der Waals surface area contributed by atoms with Gasteiger partial charge >= 0.3 is 0 Å². The Bertz CT molecular complexity index is 610. The van der Waals surface area contributed by atoms with Crippen molar-refractivity contribution >= 4 is 10.8 Å². The second kappa shape index (κ2) is 6.07. The van der Waals surface area contributed by atoms with E-state index in [0.717, 1.165) is 35.5 Å². The van der Waals surface area contributed by atoms with Crippen LogP contribution in [0, 0.1) is 5.92 Å². The van der Waals surface area contributed by atoms with Gasteiger partial charge in [0.1, 0.15) is 5.75 Å². The Kier molecular flexibility index (Phi) is 4.16. The normalized spacial score (nSPS) is 24.0. The molecule has 1 N–H and O–H groups in total. The van der Waals surface area contributed by atoms with Crippen LogP contribution in [0.25, 0.3) is 10.8 Å². The summed E-state index contributed by atoms with van der Waals surface area (Å²) in [4.78, 5) is 0. The maximum absolute atomic E-state index is 10.1. The highest BCUT2D eigenvalue weighted by Gasteiger charge is 2.22. The minimum Gasteiger partial charge on any atom is -0.489 e. The monoisotopic (exact) mass is 284 g/mol. The molecule has 3 rings (SSSR count). The zero-order chi connectivity index (χ0) is 14.8. The largest absolute Gasteiger partial charge is 0.489 e. The van der Waals surface area contributed by atoms with Crippen LogP contribution in [0.5, 0.6) is 5.75 Å². The molecule has 112 valence electrons. The maximum Gasteiger partial charge on any atom is 0.133 e. The molecule has 1 fully saturated rings. The Labute approximate surface area is 126 Å². The van der Waals surface area contributed by atoms with Gasteiger partial charge in [0.2, 0.25) is 0 Å². The van der Waals surface area contributed by atoms with Crippen LogP contribution in [0.3, 0.4) is 0 Å². The quantitative estimate of drug-likeness (QED) is 0.873. The van der Waals surface area contributed by atoms with Crippen LogP contribution in [0.2, 0.25) is 0 Å². The second-order valence-electron chi connectivity index (χ2n) is 6.38. The van der Waals surface area contributed by atoms with E-state index in [0.29, 0.717) is 0 Å². The number of fused-ring (bicyclic) bond motifs is 1. The van der Waals surface area contributed by atoms with Crippen LogP contribution in [0.4, 0.5) is 0 Å². The van der Waals surface area contributed by atoms with Crippen LogP contribution < -0.4 is 4.74 Å². The van der Waals surface area contributed by atoms with Crippen molar-refractivity contribution in [3.8, 4) is 5.75 Å². The number of aliphatic hydroxyl groups excluding tert-OH is 1. The van der Waals surface area contributed by atoms with E-state index in [9.17, 15) is 5.11 Å². The zero-order valence-electron chi connectivity index (χ0n) is 12.9. The van der Waals surface area contributed by atoms with Gasteiger partial charge in [-0.15, -0.1) is 0 Å². The molecule has 0 radical (unpaired) electrons. The first-order chi connectivity index (χ1) is 10.1. The molecule has 2 aromatic rings. The van der Waals surface area contributed by atoms with Crippen molar-refractivity contribution in [2.24, 2.45) is 5.92 Å². The van der Waals surface area contributed by atoms with Crippen molar-refractivity contribution in [2.75, 3.05) is 0 Å². The molecule has 0 amide bonds. The molecule has 0 saturated heterocycles. The molecule has 0 heterocycles. The lowest BCUT2D eigenvalue weighted by atomic mass is 9.89. The number of rotatable bonds is 3. The highest BCUT2D eigenvalue weighted by molar-refractivity contribution is 5.89. The average Bonchev–Trinajstić information content (AvgIpc) is 2.49. The molecule has 0 aromatic heterocycles. The number of aliphatic hydroxyl groups is 1. The first-order valence-corrected chi connectivity index (χ1v) is 8.01. The average molecular weight is 284 g/mol. The van der Waals surface area contributed by atoms with Gasteiger partial charge in [-0.3, -0.25) is 0 Å². The third kappa shape index (κ3) is 3.06. The van der Waals surface area contributed by atoms with Gasteiger partial charge in [-0.1, -0.05) is 43.3 Å². The number of benzene rings is 2. The van der Waals surface area contributed by atoms with E-state index in [4.69, 9.17) is 4.74 Å². The molecule has 2 nitrogen and oxygen atoms in total. The van der Waals surface area contributed by atoms with E-state index in [2.05, 4.69) is 25.1 Å². The molecular weight excluding hydrogens is 260 g/mol. The van der Waals surface area contributed by atoms with Crippen molar-refractivity contribution in [3.63, 3.8) is 0 Å². The summed E-state index contributed by atoms with van der Waals surface area (Å²) in [5.41, 5.74) is 0.896. The highest BCUT2D eigenvalue weighted by atomic mass is 16.5. The van der Waals surface area contributed by atoms with Crippen molar-refractivity contribution in [1.29, 1.82) is 0 Å². The Morgan fingerprint density at radius 1 is 1.05 bits per heavy atom. The van der Waals surface area contributed by atoms with Gasteiger partial charge < -0.3 is 9.84 Å². The van der Waals surface area contributed by atoms with Gasteiger partial charge in [-0.2, -0.15) is 0 Å². The predicted molar refractivity (Wildman–Crippen MR) is 86.6 cm³/mol. The minimum absolute atomic E-state index is 0.282. The third-order valence-electron chi connectivity index (χ3n) is 4.61. The summed E-state index contributed by atoms with van der Waals surface area (Å²) in [6.45, 7) is 4.12. The smallest absolute Gasteiger partial charge is 0.133 e. The first-order valence-electron chi connectivity index (χ1n) is 8.01. The third-order valence-corrected chi connectivity index (χ3v) is 4.61. The summed E-state index contributed by atoms with van der Waals surface area (Å²) >= 11 is 0. The Hall–Kier alpha value is -1.54. The minimum atomic E-state index is -0.507. The van der Waals surface area contributed by atoms with Crippen molar-refractivity contribution in [1.82, 2.24) is 0 Å². The van der Waals surface area contributed by atoms with Crippen LogP contribution in [-0.4, -0.2) is 11.2 Å². The van der Waals surface area contributed by atoms with Gasteiger partial charge in [0, 0.05) is 10.9 Å². The van der Waals surface area contributed by atoms with Gasteiger partial charge in [-0.25, -0.2) is 0 Å². The molecular formula is C19H24O2. The second-order valence-corrected chi connectivity index (χ2v) is 6.38. The van der Waals surface area contributed by atoms with E-state index >= 15 is 0 Å². The fraction of sp³-hybridized carbons (Fsp3) is 0.474. The summed E-state index contributed by atoms with van der Waals surface area (Å²) in [6.07, 6.45) is 4.48. The summed E-state index contributed by atoms with van der Waals surface area (Å²) < 4.78 is 6.35. The summed E-state index contributed by atoms with van der Waals surface area (Å²) in [6, 6.07) is 12.3. The molecule has 0 unspecified atom stereocenters. The lowest BCUT2D eigenvalue weighted by Crippen LogP contribution is -2.23. The van der Waals surface area contributed by atoms with Crippen molar-refractivity contribution < 1.29 is 9.84 Å². The molecule has 0 spiro atoms. The van der Waals surface area contributed by atoms with Crippen molar-refractivity contribution in [2.45, 2.75) is 51.7 Å². The molecule has 1 saturated carbocycles. The van der Waals surface area contributed by atoms with Gasteiger partial charge in [-0.05, 0) is 43.9 Å². The van der Waals surface area contributed by atoms with E-state index in [-0.39, 0.29) is 6.10 Å². The molecule has 1 aliphatic carbocycles. The Morgan fingerprint density at radius 2 is 1.76 bits per heavy atom. The van der Waals surface area contributed by atoms with E-state index in [1.54, 1.807) is 6.92 Å². The van der Waals surface area contributed by atoms with Gasteiger partial charge in [0.05, 0.1) is 12.2 Å². The van der Waals surface area contributed by atoms with E-state index in [1.807, 2.05) is 18.2 Å². The fourth-order valence-corrected chi connectivity index (χ4v) is 3.23. The van der Waals surface area contributed by atoms with Crippen LogP contribution in [-0.2, 0) is 0 Å². The fourth-order valence-electron chi connectivity index (χ4n) is 3.23. The molecule has 1 aliphatic rings. The zero-order valence-corrected chi connectivity index (χ0v) is 12.9. The molecule has 1 atom stereocenters. The summed E-state index contributed by atoms with van der Waals surface area (Å²) in [5.74, 6) is 1.69. The van der Waals surface area contributed by atoms with E-state index in [1.165, 1.54) is 18.2 Å². The van der Waals surface area contributed by atoms with E-state index < -0.39 is 6.10 Å². The summed E-state index contributed by atoms with van der Waals surface area (Å²) in [7, 11) is 0. The number of hydrogen-bond acceptors (Lipinski definition) is 2. The Balaban J connectivity index is 1.96. The van der Waals surface area contributed by atoms with Gasteiger partial charge in [0.15, 0.2) is 0 Å². The summed E-state index contributed by atoms with van der Waals surface area (Å²) in [5, 5.41) is 12.3. The van der Waals surface area contributed by atoms with Crippen LogP contribution in [0.1, 0.15) is 51.2 Å². The molecule has 2 aromatic carbocycles. The molecule has 0 aliphatic heterocycles. The Morgan fingerprint density at radius 3 is 2.48 bits per heavy atom. The van der Waals surface area contributed by atoms with Crippen LogP contribution >= 0.6 is 0 Å². The lowest BCUT2D eigenvalue weighted by Gasteiger charge is -2.28. The highest BCUT2D eigenvalue weighted by Crippen LogP contribution is 2.36. The predicted octanol–water partition coefficient (Wildman–Crippen LogP) is 4.85. The lowest BCUT2D eigenvalue weighted by molar-refractivity contribution is 0.128.